The quantitative estimate of drug-likeness (QED) is 0.262. The Morgan fingerprint density at radius 1 is 0.905 bits per heavy atom. The molecule has 0 aromatic heterocycles. The number of hydrogen-bond donors (Lipinski definition) is 1. The van der Waals surface area contributed by atoms with E-state index in [4.69, 9.17) is 9.47 Å². The number of unbranched alkanes of at least 4 members (excludes halogenated alkanes) is 1. The maximum Gasteiger partial charge on any atom is 0.244 e. The summed E-state index contributed by atoms with van der Waals surface area (Å²) in [4.78, 5) is 29.3. The lowest BCUT2D eigenvalue weighted by atomic mass is 10.0. The fourth-order valence-electron chi connectivity index (χ4n) is 4.66. The number of benzene rings is 3. The summed E-state index contributed by atoms with van der Waals surface area (Å²) in [7, 11) is -0.970. The van der Waals surface area contributed by atoms with E-state index in [-0.39, 0.29) is 24.6 Å². The van der Waals surface area contributed by atoms with Crippen LogP contribution in [0.15, 0.2) is 72.8 Å². The van der Waals surface area contributed by atoms with Crippen LogP contribution in [-0.4, -0.2) is 64.7 Å². The Morgan fingerprint density at radius 2 is 1.60 bits per heavy atom. The molecule has 0 saturated heterocycles. The first-order chi connectivity index (χ1) is 20.1. The van der Waals surface area contributed by atoms with Gasteiger partial charge in [0.1, 0.15) is 12.6 Å². The molecular weight excluding hydrogens is 554 g/mol. The molecular formula is C32H41N3O6S. The van der Waals surface area contributed by atoms with Crippen LogP contribution in [0.5, 0.6) is 11.5 Å². The zero-order chi connectivity index (χ0) is 30.7. The van der Waals surface area contributed by atoms with Gasteiger partial charge < -0.3 is 19.7 Å². The number of sulfonamides is 1. The number of ether oxygens (including phenoxy) is 2. The van der Waals surface area contributed by atoms with Crippen LogP contribution >= 0.6 is 0 Å². The summed E-state index contributed by atoms with van der Waals surface area (Å²) in [5.41, 5.74) is 2.97. The molecule has 42 heavy (non-hydrogen) atoms. The lowest BCUT2D eigenvalue weighted by Gasteiger charge is -2.33. The van der Waals surface area contributed by atoms with Crippen molar-refractivity contribution in [3.05, 3.63) is 89.5 Å². The number of rotatable bonds is 15. The highest BCUT2D eigenvalue weighted by Crippen LogP contribution is 2.32. The molecule has 0 aliphatic rings. The molecule has 1 N–H and O–H groups in total. The second-order valence-corrected chi connectivity index (χ2v) is 12.1. The van der Waals surface area contributed by atoms with Crippen molar-refractivity contribution >= 4 is 27.5 Å². The van der Waals surface area contributed by atoms with Crippen LogP contribution in [-0.2, 0) is 32.6 Å². The number of methoxy groups -OCH3 is 2. The number of carbonyl (C=O) groups is 2. The zero-order valence-electron chi connectivity index (χ0n) is 25.0. The number of nitrogens with one attached hydrogen (secondary N) is 1. The predicted molar refractivity (Wildman–Crippen MR) is 165 cm³/mol. The van der Waals surface area contributed by atoms with Crippen LogP contribution in [0, 0.1) is 6.92 Å². The lowest BCUT2D eigenvalue weighted by Crippen LogP contribution is -2.53. The molecule has 0 fully saturated rings. The summed E-state index contributed by atoms with van der Waals surface area (Å²) in [5.74, 6) is -0.0487. The standard InChI is InChI=1S/C32H41N3O6S/c1-6-7-18-33-32(37)28(20-25-13-9-8-10-14-25)34(22-26-15-11-12-24(2)19-26)31(36)23-35(42(5,38)39)27-16-17-29(40-3)30(21-27)41-4/h8-17,19,21,28H,6-7,18,20,22-23H2,1-5H3,(H,33,37)/t28-/m1/s1. The number of aryl methyl sites for hydroxylation is 1. The van der Waals surface area contributed by atoms with Crippen molar-refractivity contribution in [2.45, 2.75) is 45.7 Å². The molecule has 3 rings (SSSR count). The first-order valence-electron chi connectivity index (χ1n) is 13.9. The minimum absolute atomic E-state index is 0.128. The van der Waals surface area contributed by atoms with E-state index in [1.807, 2.05) is 68.4 Å². The number of amides is 2. The smallest absolute Gasteiger partial charge is 0.244 e. The highest BCUT2D eigenvalue weighted by Gasteiger charge is 2.33. The molecule has 0 unspecified atom stereocenters. The van der Waals surface area contributed by atoms with E-state index < -0.39 is 28.5 Å². The van der Waals surface area contributed by atoms with Gasteiger partial charge in [-0.05, 0) is 36.6 Å². The van der Waals surface area contributed by atoms with Gasteiger partial charge in [0.25, 0.3) is 0 Å². The van der Waals surface area contributed by atoms with E-state index in [0.717, 1.165) is 40.1 Å². The second kappa shape index (κ2) is 15.3. The SMILES string of the molecule is CCCCNC(=O)[C@@H](Cc1ccccc1)N(Cc1cccc(C)c1)C(=O)CN(c1ccc(OC)c(OC)c1)S(C)(=O)=O. The van der Waals surface area contributed by atoms with Gasteiger partial charge in [0.05, 0.1) is 26.2 Å². The Kier molecular flexibility index (Phi) is 11.8. The summed E-state index contributed by atoms with van der Waals surface area (Å²) in [6, 6.07) is 21.0. The molecule has 3 aromatic rings. The summed E-state index contributed by atoms with van der Waals surface area (Å²) in [6.45, 7) is 4.09. The van der Waals surface area contributed by atoms with Crippen LogP contribution in [0.25, 0.3) is 0 Å². The Balaban J connectivity index is 2.06. The molecule has 0 saturated carbocycles. The van der Waals surface area contributed by atoms with Crippen LogP contribution in [0.3, 0.4) is 0 Å². The van der Waals surface area contributed by atoms with Gasteiger partial charge in [0, 0.05) is 25.6 Å². The Labute approximate surface area is 249 Å². The van der Waals surface area contributed by atoms with E-state index in [0.29, 0.717) is 18.0 Å². The van der Waals surface area contributed by atoms with Crippen molar-refractivity contribution in [1.82, 2.24) is 10.2 Å². The zero-order valence-corrected chi connectivity index (χ0v) is 25.8. The van der Waals surface area contributed by atoms with E-state index >= 15 is 0 Å². The number of anilines is 1. The van der Waals surface area contributed by atoms with Crippen LogP contribution in [0.4, 0.5) is 5.69 Å². The van der Waals surface area contributed by atoms with E-state index in [1.165, 1.54) is 25.2 Å². The van der Waals surface area contributed by atoms with E-state index in [9.17, 15) is 18.0 Å². The molecule has 0 bridgehead atoms. The fraction of sp³-hybridized carbons (Fsp3) is 0.375. The van der Waals surface area contributed by atoms with Gasteiger partial charge in [-0.3, -0.25) is 13.9 Å². The molecule has 226 valence electrons. The molecule has 0 spiro atoms. The number of nitrogens with zero attached hydrogens (tertiary/aromatic N) is 2. The van der Waals surface area contributed by atoms with Gasteiger partial charge in [0.2, 0.25) is 21.8 Å². The molecule has 1 atom stereocenters. The molecule has 0 aliphatic heterocycles. The maximum absolute atomic E-state index is 14.2. The normalized spacial score (nSPS) is 11.8. The van der Waals surface area contributed by atoms with Gasteiger partial charge in [0.15, 0.2) is 11.5 Å². The third kappa shape index (κ3) is 8.97. The lowest BCUT2D eigenvalue weighted by molar-refractivity contribution is -0.140. The highest BCUT2D eigenvalue weighted by atomic mass is 32.2. The largest absolute Gasteiger partial charge is 0.493 e. The van der Waals surface area contributed by atoms with Crippen molar-refractivity contribution in [3.63, 3.8) is 0 Å². The predicted octanol–water partition coefficient (Wildman–Crippen LogP) is 4.33. The van der Waals surface area contributed by atoms with Crippen molar-refractivity contribution in [1.29, 1.82) is 0 Å². The molecule has 9 nitrogen and oxygen atoms in total. The summed E-state index contributed by atoms with van der Waals surface area (Å²) in [6.07, 6.45) is 3.02. The molecule has 0 radical (unpaired) electrons. The van der Waals surface area contributed by atoms with Crippen molar-refractivity contribution in [2.24, 2.45) is 0 Å². The molecule has 0 aliphatic carbocycles. The van der Waals surface area contributed by atoms with Crippen molar-refractivity contribution < 1.29 is 27.5 Å². The van der Waals surface area contributed by atoms with Gasteiger partial charge in [-0.15, -0.1) is 0 Å². The van der Waals surface area contributed by atoms with Crippen molar-refractivity contribution in [3.8, 4) is 11.5 Å². The Morgan fingerprint density at radius 3 is 2.21 bits per heavy atom. The summed E-state index contributed by atoms with van der Waals surface area (Å²) in [5, 5.41) is 2.98. The minimum atomic E-state index is -3.90. The molecule has 2 amide bonds. The minimum Gasteiger partial charge on any atom is -0.493 e. The number of carbonyl (C=O) groups excluding carboxylic acids is 2. The summed E-state index contributed by atoms with van der Waals surface area (Å²) < 4.78 is 37.7. The van der Waals surface area contributed by atoms with Crippen LogP contribution in [0.2, 0.25) is 0 Å². The first kappa shape index (κ1) is 32.5. The molecule has 0 heterocycles. The molecule has 3 aromatic carbocycles. The Hall–Kier alpha value is -4.05. The third-order valence-electron chi connectivity index (χ3n) is 6.87. The van der Waals surface area contributed by atoms with Gasteiger partial charge in [-0.1, -0.05) is 73.5 Å². The number of hydrogen-bond acceptors (Lipinski definition) is 6. The topological polar surface area (TPSA) is 105 Å². The third-order valence-corrected chi connectivity index (χ3v) is 8.01. The van der Waals surface area contributed by atoms with Crippen LogP contribution < -0.4 is 19.1 Å². The fourth-order valence-corrected chi connectivity index (χ4v) is 5.50. The monoisotopic (exact) mass is 595 g/mol. The average Bonchev–Trinajstić information content (AvgIpc) is 2.97. The van der Waals surface area contributed by atoms with Gasteiger partial charge in [-0.2, -0.15) is 0 Å². The maximum atomic E-state index is 14.2. The molecule has 10 heteroatoms. The second-order valence-electron chi connectivity index (χ2n) is 10.2. The average molecular weight is 596 g/mol. The first-order valence-corrected chi connectivity index (χ1v) is 15.8. The van der Waals surface area contributed by atoms with Crippen molar-refractivity contribution in [2.75, 3.05) is 37.9 Å². The van der Waals surface area contributed by atoms with Crippen LogP contribution in [0.1, 0.15) is 36.5 Å². The van der Waals surface area contributed by atoms with Gasteiger partial charge in [-0.25, -0.2) is 8.42 Å². The highest BCUT2D eigenvalue weighted by molar-refractivity contribution is 7.92. The summed E-state index contributed by atoms with van der Waals surface area (Å²) >= 11 is 0. The van der Waals surface area contributed by atoms with Gasteiger partial charge >= 0.3 is 0 Å². The van der Waals surface area contributed by atoms with E-state index in [1.54, 1.807) is 12.1 Å². The Bertz CT molecular complexity index is 1450. The van der Waals surface area contributed by atoms with E-state index in [2.05, 4.69) is 5.32 Å².